The van der Waals surface area contributed by atoms with Crippen LogP contribution < -0.4 is 9.47 Å². The Hall–Kier alpha value is -2.63. The van der Waals surface area contributed by atoms with Gasteiger partial charge in [0.1, 0.15) is 12.0 Å². The van der Waals surface area contributed by atoms with E-state index in [0.29, 0.717) is 23.5 Å². The van der Waals surface area contributed by atoms with Gasteiger partial charge in [-0.2, -0.15) is 0 Å². The van der Waals surface area contributed by atoms with Crippen molar-refractivity contribution >= 4 is 17.5 Å². The SMILES string of the molecule is CC1=NC2=C(C(=O)CCC2)[C@H](c2ccc3c(c2)OCO3)C1C(=O)OC1CCCC1. The Morgan fingerprint density at radius 1 is 1.10 bits per heavy atom. The molecule has 2 heterocycles. The van der Waals surface area contributed by atoms with Crippen LogP contribution in [0.1, 0.15) is 63.4 Å². The molecule has 0 spiro atoms. The van der Waals surface area contributed by atoms with E-state index in [-0.39, 0.29) is 24.6 Å². The minimum absolute atomic E-state index is 0.0230. The van der Waals surface area contributed by atoms with Crippen molar-refractivity contribution in [1.29, 1.82) is 0 Å². The first-order chi connectivity index (χ1) is 14.1. The van der Waals surface area contributed by atoms with Gasteiger partial charge in [-0.05, 0) is 63.1 Å². The molecule has 1 saturated carbocycles. The number of fused-ring (bicyclic) bond motifs is 1. The van der Waals surface area contributed by atoms with Gasteiger partial charge in [-0.1, -0.05) is 6.07 Å². The first kappa shape index (κ1) is 18.4. The number of benzene rings is 1. The molecule has 6 nitrogen and oxygen atoms in total. The van der Waals surface area contributed by atoms with Gasteiger partial charge < -0.3 is 14.2 Å². The first-order valence-corrected chi connectivity index (χ1v) is 10.5. The maximum Gasteiger partial charge on any atom is 0.315 e. The van der Waals surface area contributed by atoms with Gasteiger partial charge in [-0.3, -0.25) is 14.6 Å². The molecule has 1 aromatic carbocycles. The van der Waals surface area contributed by atoms with Crippen molar-refractivity contribution in [2.45, 2.75) is 63.9 Å². The number of carbonyl (C=O) groups excluding carboxylic acids is 2. The number of Topliss-reactive ketones (excluding diaryl/α,β-unsaturated/α-hetero) is 1. The van der Waals surface area contributed by atoms with Gasteiger partial charge in [0.25, 0.3) is 0 Å². The summed E-state index contributed by atoms with van der Waals surface area (Å²) >= 11 is 0. The second-order valence-corrected chi connectivity index (χ2v) is 8.30. The zero-order chi connectivity index (χ0) is 20.0. The summed E-state index contributed by atoms with van der Waals surface area (Å²) in [6, 6.07) is 5.68. The van der Waals surface area contributed by atoms with Gasteiger partial charge in [0.15, 0.2) is 17.3 Å². The van der Waals surface area contributed by atoms with Crippen molar-refractivity contribution in [1.82, 2.24) is 0 Å². The zero-order valence-corrected chi connectivity index (χ0v) is 16.6. The van der Waals surface area contributed by atoms with E-state index in [4.69, 9.17) is 19.2 Å². The fourth-order valence-corrected chi connectivity index (χ4v) is 5.02. The Morgan fingerprint density at radius 2 is 1.90 bits per heavy atom. The molecule has 0 amide bonds. The average Bonchev–Trinajstić information content (AvgIpc) is 3.38. The molecule has 0 bridgehead atoms. The van der Waals surface area contributed by atoms with Crippen LogP contribution in [0.25, 0.3) is 0 Å². The molecule has 2 atom stereocenters. The lowest BCUT2D eigenvalue weighted by Gasteiger charge is -2.35. The first-order valence-electron chi connectivity index (χ1n) is 10.5. The Bertz CT molecular complexity index is 925. The van der Waals surface area contributed by atoms with E-state index >= 15 is 0 Å². The number of hydrogen-bond acceptors (Lipinski definition) is 6. The van der Waals surface area contributed by atoms with Crippen molar-refractivity contribution < 1.29 is 23.8 Å². The van der Waals surface area contributed by atoms with Gasteiger partial charge in [-0.15, -0.1) is 0 Å². The van der Waals surface area contributed by atoms with Gasteiger partial charge >= 0.3 is 5.97 Å². The lowest BCUT2D eigenvalue weighted by molar-refractivity contribution is -0.151. The van der Waals surface area contributed by atoms with Crippen LogP contribution in [-0.2, 0) is 14.3 Å². The van der Waals surface area contributed by atoms with E-state index in [1.54, 1.807) is 0 Å². The summed E-state index contributed by atoms with van der Waals surface area (Å²) in [4.78, 5) is 30.9. The Balaban J connectivity index is 1.56. The number of rotatable bonds is 3. The molecular formula is C23H25NO5. The maximum atomic E-state index is 13.3. The predicted octanol–water partition coefficient (Wildman–Crippen LogP) is 4.08. The summed E-state index contributed by atoms with van der Waals surface area (Å²) < 4.78 is 16.9. The third kappa shape index (κ3) is 3.24. The third-order valence-corrected chi connectivity index (χ3v) is 6.43. The number of carbonyl (C=O) groups is 2. The van der Waals surface area contributed by atoms with Crippen LogP contribution in [0.5, 0.6) is 11.5 Å². The van der Waals surface area contributed by atoms with Crippen LogP contribution >= 0.6 is 0 Å². The van der Waals surface area contributed by atoms with E-state index in [9.17, 15) is 9.59 Å². The third-order valence-electron chi connectivity index (χ3n) is 6.43. The summed E-state index contributed by atoms with van der Waals surface area (Å²) in [5.74, 6) is 0.172. The van der Waals surface area contributed by atoms with Crippen molar-refractivity contribution in [2.24, 2.45) is 10.9 Å². The van der Waals surface area contributed by atoms with Crippen molar-refractivity contribution in [3.05, 3.63) is 35.0 Å². The van der Waals surface area contributed by atoms with Crippen molar-refractivity contribution in [3.8, 4) is 11.5 Å². The summed E-state index contributed by atoms with van der Waals surface area (Å²) in [7, 11) is 0. The monoisotopic (exact) mass is 395 g/mol. The fourth-order valence-electron chi connectivity index (χ4n) is 5.02. The predicted molar refractivity (Wildman–Crippen MR) is 106 cm³/mol. The van der Waals surface area contributed by atoms with Crippen molar-refractivity contribution in [3.63, 3.8) is 0 Å². The van der Waals surface area contributed by atoms with E-state index in [0.717, 1.165) is 55.5 Å². The smallest absolute Gasteiger partial charge is 0.315 e. The standard InChI is InChI=1S/C23H25NO5/c1-13-20(23(26)29-15-5-2-3-6-15)21(22-16(24-13)7-4-8-17(22)25)14-9-10-18-19(11-14)28-12-27-18/h9-11,15,20-21H,2-8,12H2,1H3/t20?,21-/m1/s1. The van der Waals surface area contributed by atoms with Crippen LogP contribution in [0.2, 0.25) is 0 Å². The quantitative estimate of drug-likeness (QED) is 0.721. The molecule has 1 fully saturated rings. The summed E-state index contributed by atoms with van der Waals surface area (Å²) in [6.45, 7) is 2.06. The normalized spacial score (nSPS) is 26.4. The molecule has 0 aromatic heterocycles. The van der Waals surface area contributed by atoms with Crippen LogP contribution in [0, 0.1) is 5.92 Å². The minimum atomic E-state index is -0.586. The molecule has 6 heteroatoms. The van der Waals surface area contributed by atoms with Gasteiger partial charge in [0, 0.05) is 29.3 Å². The Morgan fingerprint density at radius 3 is 2.72 bits per heavy atom. The summed E-state index contributed by atoms with van der Waals surface area (Å²) in [5, 5.41) is 0. The molecule has 0 N–H and O–H groups in total. The molecule has 1 unspecified atom stereocenters. The molecule has 0 saturated heterocycles. The number of nitrogens with zero attached hydrogens (tertiary/aromatic N) is 1. The molecule has 29 heavy (non-hydrogen) atoms. The molecule has 2 aliphatic heterocycles. The molecule has 152 valence electrons. The van der Waals surface area contributed by atoms with Gasteiger partial charge in [0.05, 0.1) is 0 Å². The van der Waals surface area contributed by atoms with Crippen LogP contribution in [-0.4, -0.2) is 30.4 Å². The second kappa shape index (κ2) is 7.32. The highest BCUT2D eigenvalue weighted by Gasteiger charge is 2.44. The Labute approximate surface area is 169 Å². The number of allylic oxidation sites excluding steroid dienone is 2. The van der Waals surface area contributed by atoms with Crippen LogP contribution in [0.3, 0.4) is 0 Å². The van der Waals surface area contributed by atoms with Crippen LogP contribution in [0.4, 0.5) is 0 Å². The van der Waals surface area contributed by atoms with Gasteiger partial charge in [-0.25, -0.2) is 0 Å². The van der Waals surface area contributed by atoms with Crippen molar-refractivity contribution in [2.75, 3.05) is 6.79 Å². The zero-order valence-electron chi connectivity index (χ0n) is 16.6. The number of aliphatic imine (C=N–C) groups is 1. The van der Waals surface area contributed by atoms with Crippen LogP contribution in [0.15, 0.2) is 34.5 Å². The summed E-state index contributed by atoms with van der Waals surface area (Å²) in [5.41, 5.74) is 3.10. The number of ketones is 1. The number of esters is 1. The van der Waals surface area contributed by atoms with E-state index in [2.05, 4.69) is 0 Å². The second-order valence-electron chi connectivity index (χ2n) is 8.30. The highest BCUT2D eigenvalue weighted by atomic mass is 16.7. The topological polar surface area (TPSA) is 74.2 Å². The highest BCUT2D eigenvalue weighted by molar-refractivity contribution is 6.08. The Kier molecular flexibility index (Phi) is 4.64. The molecule has 2 aliphatic carbocycles. The van der Waals surface area contributed by atoms with E-state index in [1.807, 2.05) is 25.1 Å². The van der Waals surface area contributed by atoms with E-state index in [1.165, 1.54) is 0 Å². The minimum Gasteiger partial charge on any atom is -0.462 e. The van der Waals surface area contributed by atoms with E-state index < -0.39 is 11.8 Å². The number of ether oxygens (including phenoxy) is 3. The molecule has 0 radical (unpaired) electrons. The molecule has 5 rings (SSSR count). The lowest BCUT2D eigenvalue weighted by Crippen LogP contribution is -2.38. The average molecular weight is 395 g/mol. The molecule has 4 aliphatic rings. The highest BCUT2D eigenvalue weighted by Crippen LogP contribution is 2.46. The summed E-state index contributed by atoms with van der Waals surface area (Å²) in [6.07, 6.45) is 6.06. The molecule has 1 aromatic rings. The fraction of sp³-hybridized carbons (Fsp3) is 0.522. The lowest BCUT2D eigenvalue weighted by atomic mass is 9.71. The maximum absolute atomic E-state index is 13.3. The number of hydrogen-bond donors (Lipinski definition) is 0. The van der Waals surface area contributed by atoms with Gasteiger partial charge in [0.2, 0.25) is 6.79 Å². The largest absolute Gasteiger partial charge is 0.462 e. The molecular weight excluding hydrogens is 370 g/mol.